The number of carboxylic acid groups (broad SMARTS) is 1. The molecule has 1 aliphatic rings. The number of aliphatic carboxylic acids is 1. The number of anilines is 1. The zero-order valence-electron chi connectivity index (χ0n) is 17.6. The number of hydrogen-bond acceptors (Lipinski definition) is 4. The summed E-state index contributed by atoms with van der Waals surface area (Å²) in [6, 6.07) is 12.2. The van der Waals surface area contributed by atoms with Crippen molar-refractivity contribution in [1.82, 2.24) is 0 Å². The van der Waals surface area contributed by atoms with Crippen LogP contribution in [0.4, 0.5) is 14.9 Å². The van der Waals surface area contributed by atoms with E-state index in [4.69, 9.17) is 14.6 Å². The van der Waals surface area contributed by atoms with Crippen LogP contribution in [0.5, 0.6) is 0 Å². The van der Waals surface area contributed by atoms with Gasteiger partial charge in [-0.1, -0.05) is 30.3 Å². The number of rotatable bonds is 8. The van der Waals surface area contributed by atoms with Gasteiger partial charge in [0.2, 0.25) is 0 Å². The number of carbonyl (C=O) groups is 2. The molecule has 31 heavy (non-hydrogen) atoms. The number of carbonyl (C=O) groups excluding carboxylic acids is 1. The molecule has 0 aliphatic heterocycles. The largest absolute Gasteiger partial charge is 0.480 e. The maximum Gasteiger partial charge on any atom is 0.411 e. The van der Waals surface area contributed by atoms with E-state index in [1.165, 1.54) is 6.07 Å². The Kier molecular flexibility index (Phi) is 8.00. The van der Waals surface area contributed by atoms with Crippen molar-refractivity contribution >= 4 is 17.7 Å². The van der Waals surface area contributed by atoms with Crippen LogP contribution in [0.1, 0.15) is 31.2 Å². The van der Waals surface area contributed by atoms with Gasteiger partial charge in [0.05, 0.1) is 18.9 Å². The monoisotopic (exact) mass is 429 g/mol. The van der Waals surface area contributed by atoms with E-state index in [0.717, 1.165) is 31.2 Å². The standard InChI is InChI=1S/C24H28FNO5/c1-16-6-11-19(12-21(16)25)20-4-2-3-5-22(20)26-24(29)31-14-18-9-7-17(8-10-18)13-30-15-23(27)28/h2-6,11-12,17-18H,7-10,13-15H2,1H3,(H,26,29)(H,27,28). The number of nitrogens with one attached hydrogen (secondary N) is 1. The first kappa shape index (κ1) is 22.7. The van der Waals surface area contributed by atoms with Crippen LogP contribution < -0.4 is 5.32 Å². The zero-order chi connectivity index (χ0) is 22.2. The third-order valence-corrected chi connectivity index (χ3v) is 5.64. The average Bonchev–Trinajstić information content (AvgIpc) is 2.75. The number of halogens is 1. The van der Waals surface area contributed by atoms with E-state index in [1.54, 1.807) is 25.1 Å². The van der Waals surface area contributed by atoms with Crippen LogP contribution in [-0.4, -0.2) is 37.0 Å². The van der Waals surface area contributed by atoms with Crippen molar-refractivity contribution in [3.05, 3.63) is 53.8 Å². The molecule has 0 unspecified atom stereocenters. The van der Waals surface area contributed by atoms with Crippen LogP contribution in [0.3, 0.4) is 0 Å². The van der Waals surface area contributed by atoms with Crippen LogP contribution in [0, 0.1) is 24.6 Å². The lowest BCUT2D eigenvalue weighted by Gasteiger charge is -2.27. The van der Waals surface area contributed by atoms with Crippen molar-refractivity contribution < 1.29 is 28.6 Å². The van der Waals surface area contributed by atoms with Gasteiger partial charge in [-0.2, -0.15) is 0 Å². The number of aryl methyl sites for hydroxylation is 1. The number of benzene rings is 2. The van der Waals surface area contributed by atoms with Gasteiger partial charge < -0.3 is 14.6 Å². The molecule has 3 rings (SSSR count). The molecule has 0 bridgehead atoms. The molecule has 7 heteroatoms. The minimum atomic E-state index is -0.956. The topological polar surface area (TPSA) is 84.9 Å². The van der Waals surface area contributed by atoms with Crippen molar-refractivity contribution in [2.75, 3.05) is 25.1 Å². The molecule has 0 aromatic heterocycles. The lowest BCUT2D eigenvalue weighted by Crippen LogP contribution is -2.25. The molecular formula is C24H28FNO5. The minimum Gasteiger partial charge on any atom is -0.480 e. The molecule has 2 aromatic carbocycles. The van der Waals surface area contributed by atoms with Crippen molar-refractivity contribution in [1.29, 1.82) is 0 Å². The number of hydrogen-bond donors (Lipinski definition) is 2. The van der Waals surface area contributed by atoms with Gasteiger partial charge in [-0.15, -0.1) is 0 Å². The van der Waals surface area contributed by atoms with Crippen LogP contribution in [0.25, 0.3) is 11.1 Å². The Labute approximate surface area is 181 Å². The Balaban J connectivity index is 1.48. The van der Waals surface area contributed by atoms with Crippen molar-refractivity contribution in [2.24, 2.45) is 11.8 Å². The van der Waals surface area contributed by atoms with Crippen molar-refractivity contribution in [2.45, 2.75) is 32.6 Å². The normalized spacial score (nSPS) is 18.4. The second kappa shape index (κ2) is 10.9. The molecule has 0 atom stereocenters. The Bertz CT molecular complexity index is 909. The van der Waals surface area contributed by atoms with E-state index in [0.29, 0.717) is 35.9 Å². The summed E-state index contributed by atoms with van der Waals surface area (Å²) in [7, 11) is 0. The first-order valence-corrected chi connectivity index (χ1v) is 10.5. The Morgan fingerprint density at radius 3 is 2.42 bits per heavy atom. The number of ether oxygens (including phenoxy) is 2. The van der Waals surface area contributed by atoms with Gasteiger partial charge in [-0.05, 0) is 67.7 Å². The van der Waals surface area contributed by atoms with E-state index in [1.807, 2.05) is 18.2 Å². The summed E-state index contributed by atoms with van der Waals surface area (Å²) in [5.74, 6) is -0.616. The van der Waals surface area contributed by atoms with Gasteiger partial charge in [0.15, 0.2) is 0 Å². The summed E-state index contributed by atoms with van der Waals surface area (Å²) in [5, 5.41) is 11.4. The predicted molar refractivity (Wildman–Crippen MR) is 115 cm³/mol. The second-order valence-corrected chi connectivity index (χ2v) is 8.03. The van der Waals surface area contributed by atoms with Gasteiger partial charge in [0, 0.05) is 5.56 Å². The minimum absolute atomic E-state index is 0.264. The third kappa shape index (κ3) is 6.79. The summed E-state index contributed by atoms with van der Waals surface area (Å²) in [6.07, 6.45) is 3.14. The highest BCUT2D eigenvalue weighted by Gasteiger charge is 2.23. The molecule has 166 valence electrons. The smallest absolute Gasteiger partial charge is 0.411 e. The number of amides is 1. The van der Waals surface area contributed by atoms with E-state index in [-0.39, 0.29) is 18.3 Å². The van der Waals surface area contributed by atoms with E-state index >= 15 is 0 Å². The molecule has 0 saturated heterocycles. The second-order valence-electron chi connectivity index (χ2n) is 8.03. The van der Waals surface area contributed by atoms with E-state index in [9.17, 15) is 14.0 Å². The molecule has 0 radical (unpaired) electrons. The first-order valence-electron chi connectivity index (χ1n) is 10.5. The Morgan fingerprint density at radius 1 is 1.06 bits per heavy atom. The molecule has 6 nitrogen and oxygen atoms in total. The SMILES string of the molecule is Cc1ccc(-c2ccccc2NC(=O)OCC2CCC(COCC(=O)O)CC2)cc1F. The Morgan fingerprint density at radius 2 is 1.74 bits per heavy atom. The van der Waals surface area contributed by atoms with Crippen LogP contribution >= 0.6 is 0 Å². The fourth-order valence-electron chi connectivity index (χ4n) is 3.82. The fraction of sp³-hybridized carbons (Fsp3) is 0.417. The highest BCUT2D eigenvalue weighted by molar-refractivity contribution is 5.91. The van der Waals surface area contributed by atoms with Crippen LogP contribution in [-0.2, 0) is 14.3 Å². The molecular weight excluding hydrogens is 401 g/mol. The molecule has 1 amide bonds. The quantitative estimate of drug-likeness (QED) is 0.598. The molecule has 0 spiro atoms. The van der Waals surface area contributed by atoms with Gasteiger partial charge >= 0.3 is 12.1 Å². The molecule has 0 heterocycles. The van der Waals surface area contributed by atoms with Crippen LogP contribution in [0.15, 0.2) is 42.5 Å². The van der Waals surface area contributed by atoms with Gasteiger partial charge in [0.1, 0.15) is 12.4 Å². The summed E-state index contributed by atoms with van der Waals surface area (Å²) in [4.78, 5) is 22.9. The molecule has 1 aliphatic carbocycles. The lowest BCUT2D eigenvalue weighted by atomic mass is 9.83. The fourth-order valence-corrected chi connectivity index (χ4v) is 3.82. The average molecular weight is 429 g/mol. The maximum atomic E-state index is 14.0. The molecule has 1 saturated carbocycles. The molecule has 2 N–H and O–H groups in total. The summed E-state index contributed by atoms with van der Waals surface area (Å²) in [5.41, 5.74) is 2.54. The summed E-state index contributed by atoms with van der Waals surface area (Å²) < 4.78 is 24.6. The van der Waals surface area contributed by atoms with E-state index in [2.05, 4.69) is 5.32 Å². The van der Waals surface area contributed by atoms with E-state index < -0.39 is 12.1 Å². The summed E-state index contributed by atoms with van der Waals surface area (Å²) in [6.45, 7) is 2.23. The first-order chi connectivity index (χ1) is 14.9. The molecule has 2 aromatic rings. The number of carboxylic acids is 1. The molecule has 1 fully saturated rings. The predicted octanol–water partition coefficient (Wildman–Crippen LogP) is 5.26. The highest BCUT2D eigenvalue weighted by atomic mass is 19.1. The number of para-hydroxylation sites is 1. The van der Waals surface area contributed by atoms with Crippen molar-refractivity contribution in [3.63, 3.8) is 0 Å². The zero-order valence-corrected chi connectivity index (χ0v) is 17.6. The van der Waals surface area contributed by atoms with Gasteiger partial charge in [-0.25, -0.2) is 14.0 Å². The maximum absolute atomic E-state index is 14.0. The highest BCUT2D eigenvalue weighted by Crippen LogP contribution is 2.31. The van der Waals surface area contributed by atoms with Gasteiger partial charge in [0.25, 0.3) is 0 Å². The summed E-state index contributed by atoms with van der Waals surface area (Å²) >= 11 is 0. The van der Waals surface area contributed by atoms with Crippen molar-refractivity contribution in [3.8, 4) is 11.1 Å². The lowest BCUT2D eigenvalue weighted by molar-refractivity contribution is -0.142. The third-order valence-electron chi connectivity index (χ3n) is 5.64. The van der Waals surface area contributed by atoms with Crippen LogP contribution in [0.2, 0.25) is 0 Å². The Hall–Kier alpha value is -2.93. The van der Waals surface area contributed by atoms with Gasteiger partial charge in [-0.3, -0.25) is 5.32 Å².